The summed E-state index contributed by atoms with van der Waals surface area (Å²) in [7, 11) is 5.99. The second kappa shape index (κ2) is 74.3. The predicted octanol–water partition coefficient (Wildman–Crippen LogP) is 25.4. The standard InChI is InChI=1S/C84H151NO8/c1-6-8-10-12-14-16-18-20-22-24-26-28-30-32-34-35-36-37-38-39-40-41-42-43-44-45-46-47-49-51-53-55-57-59-61-63-65-67-69-71-73-75-82(87)93-80(79-92-84(83(88)89)90-77-76-85(3,4)5)78-91-81(86)74-72-70-68-66-64-62-60-58-56-54-52-50-48-33-31-29-27-25-23-21-19-17-15-13-11-9-7-2/h8,10,14,16,20,22,26,28,32,34,36-37,39-40,80,84H,6-7,9,11-13,15,17-19,21,23-25,27,29-31,33,35,38,41-79H2,1-5H3/p+1/b10-8-,16-14-,22-20-,28-26-,34-32-,37-36-,40-39-. The van der Waals surface area contributed by atoms with Crippen LogP contribution in [0.4, 0.5) is 0 Å². The fourth-order valence-corrected chi connectivity index (χ4v) is 11.6. The van der Waals surface area contributed by atoms with E-state index in [0.717, 1.165) is 83.5 Å². The summed E-state index contributed by atoms with van der Waals surface area (Å²) in [5.41, 5.74) is 0. The Hall–Kier alpha value is -3.53. The zero-order valence-electron chi connectivity index (χ0n) is 61.9. The van der Waals surface area contributed by atoms with Crippen LogP contribution in [-0.2, 0) is 33.3 Å². The molecule has 2 atom stereocenters. The highest BCUT2D eigenvalue weighted by Crippen LogP contribution is 2.19. The quantitative estimate of drug-likeness (QED) is 0.0211. The second-order valence-electron chi connectivity index (χ2n) is 28.0. The number of rotatable bonds is 74. The summed E-state index contributed by atoms with van der Waals surface area (Å²) in [5.74, 6) is -1.98. The molecule has 0 aromatic carbocycles. The van der Waals surface area contributed by atoms with E-state index in [0.29, 0.717) is 17.4 Å². The van der Waals surface area contributed by atoms with Gasteiger partial charge in [-0.05, 0) is 70.6 Å². The number of carboxylic acid groups (broad SMARTS) is 1. The SMILES string of the molecule is CC/C=C\C/C=C\C/C=C\C/C=C\C/C=C\C/C=C\C/C=C\CCCCCCCCCCCCCCCCCCCCCC(=O)OC(COC(=O)CCCCCCCCCCCCCCCCCCCCCCCCCCCCC)COC(OCC[N+](C)(C)C)C(=O)O. The number of allylic oxidation sites excluding steroid dienone is 14. The van der Waals surface area contributed by atoms with Crippen molar-refractivity contribution in [3.8, 4) is 0 Å². The van der Waals surface area contributed by atoms with Crippen molar-refractivity contribution in [3.05, 3.63) is 85.1 Å². The number of ether oxygens (including phenoxy) is 4. The number of quaternary nitrogens is 1. The molecule has 9 nitrogen and oxygen atoms in total. The Balaban J connectivity index is 3.99. The van der Waals surface area contributed by atoms with Crippen LogP contribution in [-0.4, -0.2) is 87.4 Å². The highest BCUT2D eigenvalue weighted by Gasteiger charge is 2.25. The smallest absolute Gasteiger partial charge is 0.361 e. The first-order chi connectivity index (χ1) is 45.6. The maximum absolute atomic E-state index is 13.0. The molecule has 0 amide bonds. The molecular formula is C84H152NO8+. The van der Waals surface area contributed by atoms with Crippen LogP contribution in [0.25, 0.3) is 0 Å². The first-order valence-corrected chi connectivity index (χ1v) is 39.8. The number of nitrogens with zero attached hydrogens (tertiary/aromatic N) is 1. The number of esters is 2. The monoisotopic (exact) mass is 1300 g/mol. The van der Waals surface area contributed by atoms with E-state index in [4.69, 9.17) is 18.9 Å². The van der Waals surface area contributed by atoms with Gasteiger partial charge in [0.2, 0.25) is 0 Å². The molecule has 0 spiro atoms. The van der Waals surface area contributed by atoms with Gasteiger partial charge >= 0.3 is 17.9 Å². The van der Waals surface area contributed by atoms with Crippen molar-refractivity contribution in [1.82, 2.24) is 0 Å². The molecule has 0 aromatic rings. The lowest BCUT2D eigenvalue weighted by Crippen LogP contribution is -2.40. The van der Waals surface area contributed by atoms with Crippen LogP contribution in [0.3, 0.4) is 0 Å². The number of hydrogen-bond donors (Lipinski definition) is 1. The van der Waals surface area contributed by atoms with Crippen LogP contribution >= 0.6 is 0 Å². The summed E-state index contributed by atoms with van der Waals surface area (Å²) in [4.78, 5) is 37.7. The fraction of sp³-hybridized carbons (Fsp3) is 0.798. The van der Waals surface area contributed by atoms with Gasteiger partial charge in [-0.1, -0.05) is 375 Å². The van der Waals surface area contributed by atoms with Gasteiger partial charge in [0, 0.05) is 12.8 Å². The van der Waals surface area contributed by atoms with Crippen LogP contribution in [0.1, 0.15) is 373 Å². The van der Waals surface area contributed by atoms with Crippen LogP contribution in [0.5, 0.6) is 0 Å². The molecule has 0 aliphatic heterocycles. The molecule has 0 radical (unpaired) electrons. The van der Waals surface area contributed by atoms with Crippen molar-refractivity contribution in [2.45, 2.75) is 386 Å². The van der Waals surface area contributed by atoms with Gasteiger partial charge in [-0.25, -0.2) is 4.79 Å². The first kappa shape index (κ1) is 89.5. The zero-order valence-corrected chi connectivity index (χ0v) is 61.9. The van der Waals surface area contributed by atoms with Gasteiger partial charge in [-0.3, -0.25) is 9.59 Å². The van der Waals surface area contributed by atoms with Crippen molar-refractivity contribution in [3.63, 3.8) is 0 Å². The average molecular weight is 1300 g/mol. The van der Waals surface area contributed by atoms with Crippen LogP contribution < -0.4 is 0 Å². The molecule has 0 heterocycles. The highest BCUT2D eigenvalue weighted by atomic mass is 16.7. The van der Waals surface area contributed by atoms with Gasteiger partial charge in [-0.15, -0.1) is 0 Å². The Labute approximate surface area is 576 Å². The molecular weight excluding hydrogens is 1150 g/mol. The Morgan fingerprint density at radius 2 is 0.613 bits per heavy atom. The van der Waals surface area contributed by atoms with E-state index in [1.165, 1.54) is 263 Å². The minimum absolute atomic E-state index is 0.178. The predicted molar refractivity (Wildman–Crippen MR) is 401 cm³/mol. The van der Waals surface area contributed by atoms with Gasteiger partial charge < -0.3 is 28.5 Å². The minimum Gasteiger partial charge on any atom is -0.477 e. The minimum atomic E-state index is -1.51. The Morgan fingerprint density at radius 3 is 0.914 bits per heavy atom. The number of likely N-dealkylation sites (N-methyl/N-ethyl adjacent to an activating group) is 1. The molecule has 9 heteroatoms. The third-order valence-electron chi connectivity index (χ3n) is 17.7. The molecule has 0 aromatic heterocycles. The van der Waals surface area contributed by atoms with E-state index in [2.05, 4.69) is 98.9 Å². The third kappa shape index (κ3) is 75.7. The molecule has 0 aliphatic rings. The van der Waals surface area contributed by atoms with Crippen molar-refractivity contribution >= 4 is 17.9 Å². The van der Waals surface area contributed by atoms with Crippen LogP contribution in [0, 0.1) is 0 Å². The lowest BCUT2D eigenvalue weighted by molar-refractivity contribution is -0.870. The van der Waals surface area contributed by atoms with Crippen molar-refractivity contribution in [2.75, 3.05) is 47.5 Å². The van der Waals surface area contributed by atoms with Gasteiger partial charge in [0.1, 0.15) is 13.2 Å². The average Bonchev–Trinajstić information content (AvgIpc) is 3.38. The molecule has 0 saturated carbocycles. The number of carboxylic acids is 1. The van der Waals surface area contributed by atoms with E-state index in [-0.39, 0.29) is 38.2 Å². The summed E-state index contributed by atoms with van der Waals surface area (Å²) >= 11 is 0. The third-order valence-corrected chi connectivity index (χ3v) is 17.7. The zero-order chi connectivity index (χ0) is 67.5. The maximum Gasteiger partial charge on any atom is 0.361 e. The van der Waals surface area contributed by atoms with E-state index < -0.39 is 18.4 Å². The molecule has 1 N–H and O–H groups in total. The number of aliphatic carboxylic acids is 1. The van der Waals surface area contributed by atoms with Crippen LogP contribution in [0.15, 0.2) is 85.1 Å². The Bertz CT molecular complexity index is 1810. The molecule has 0 fully saturated rings. The normalized spacial score (nSPS) is 13.1. The van der Waals surface area contributed by atoms with E-state index >= 15 is 0 Å². The van der Waals surface area contributed by atoms with Crippen molar-refractivity contribution in [2.24, 2.45) is 0 Å². The lowest BCUT2D eigenvalue weighted by Gasteiger charge is -2.25. The second-order valence-corrected chi connectivity index (χ2v) is 28.0. The molecule has 0 aliphatic carbocycles. The Morgan fingerprint density at radius 1 is 0.333 bits per heavy atom. The summed E-state index contributed by atoms with van der Waals surface area (Å²) in [6, 6.07) is 0. The van der Waals surface area contributed by atoms with Gasteiger partial charge in [-0.2, -0.15) is 0 Å². The fourth-order valence-electron chi connectivity index (χ4n) is 11.6. The molecule has 93 heavy (non-hydrogen) atoms. The summed E-state index contributed by atoms with van der Waals surface area (Å²) in [5, 5.41) is 9.77. The number of carbonyl (C=O) groups is 3. The molecule has 0 bridgehead atoms. The van der Waals surface area contributed by atoms with Gasteiger partial charge in [0.15, 0.2) is 6.10 Å². The van der Waals surface area contributed by atoms with Crippen molar-refractivity contribution in [1.29, 1.82) is 0 Å². The highest BCUT2D eigenvalue weighted by molar-refractivity contribution is 5.71. The molecule has 0 rings (SSSR count). The van der Waals surface area contributed by atoms with E-state index in [1.807, 2.05) is 21.1 Å². The van der Waals surface area contributed by atoms with Gasteiger partial charge in [0.05, 0.1) is 34.4 Å². The molecule has 0 saturated heterocycles. The topological polar surface area (TPSA) is 108 Å². The van der Waals surface area contributed by atoms with Gasteiger partial charge in [0.25, 0.3) is 6.29 Å². The van der Waals surface area contributed by atoms with Crippen molar-refractivity contribution < 1.29 is 42.9 Å². The van der Waals surface area contributed by atoms with E-state index in [9.17, 15) is 19.5 Å². The summed E-state index contributed by atoms with van der Waals surface area (Å²) < 4.78 is 23.1. The molecule has 2 unspecified atom stereocenters. The number of carbonyl (C=O) groups excluding carboxylic acids is 2. The largest absolute Gasteiger partial charge is 0.477 e. The summed E-state index contributed by atoms with van der Waals surface area (Å²) in [6.45, 7) is 4.83. The van der Waals surface area contributed by atoms with E-state index in [1.54, 1.807) is 0 Å². The first-order valence-electron chi connectivity index (χ1n) is 39.8. The maximum atomic E-state index is 13.0. The molecule has 540 valence electrons. The number of unbranched alkanes of at least 4 members (excludes halogenated alkanes) is 45. The summed E-state index contributed by atoms with van der Waals surface area (Å²) in [6.07, 6.45) is 98.8. The lowest BCUT2D eigenvalue weighted by atomic mass is 10.0. The van der Waals surface area contributed by atoms with Crippen LogP contribution in [0.2, 0.25) is 0 Å². The Kier molecular flexibility index (Phi) is 71.4. The number of hydrogen-bond acceptors (Lipinski definition) is 7.